The first kappa shape index (κ1) is 16.7. The fraction of sp³-hybridized carbons (Fsp3) is 0.250. The van der Waals surface area contributed by atoms with Crippen molar-refractivity contribution in [2.75, 3.05) is 0 Å². The lowest BCUT2D eigenvalue weighted by Crippen LogP contribution is -2.30. The normalized spacial score (nSPS) is 11.8. The highest BCUT2D eigenvalue weighted by Gasteiger charge is 2.24. The predicted octanol–water partition coefficient (Wildman–Crippen LogP) is 2.80. The van der Waals surface area contributed by atoms with Gasteiger partial charge in [0, 0.05) is 17.4 Å². The van der Waals surface area contributed by atoms with Gasteiger partial charge in [-0.15, -0.1) is 11.3 Å². The van der Waals surface area contributed by atoms with Crippen molar-refractivity contribution in [1.29, 1.82) is 0 Å². The van der Waals surface area contributed by atoms with Gasteiger partial charge in [0.15, 0.2) is 0 Å². The SMILES string of the molecule is CCc1c(C(=O)NS(=O)(=O)c2cnn(CC)c2)sc2ccccc12. The van der Waals surface area contributed by atoms with Crippen LogP contribution in [0.5, 0.6) is 0 Å². The lowest BCUT2D eigenvalue weighted by Gasteiger charge is -2.05. The van der Waals surface area contributed by atoms with Crippen LogP contribution in [0.15, 0.2) is 41.6 Å². The van der Waals surface area contributed by atoms with Crippen LogP contribution in [-0.4, -0.2) is 24.1 Å². The quantitative estimate of drug-likeness (QED) is 0.756. The van der Waals surface area contributed by atoms with Crippen molar-refractivity contribution in [3.8, 4) is 0 Å². The van der Waals surface area contributed by atoms with Crippen LogP contribution in [0.25, 0.3) is 10.1 Å². The van der Waals surface area contributed by atoms with Gasteiger partial charge in [-0.05, 0) is 30.4 Å². The molecule has 0 aliphatic heterocycles. The van der Waals surface area contributed by atoms with Gasteiger partial charge in [0.05, 0.1) is 11.1 Å². The highest BCUT2D eigenvalue weighted by molar-refractivity contribution is 7.90. The Hall–Kier alpha value is -2.19. The smallest absolute Gasteiger partial charge is 0.272 e. The standard InChI is InChI=1S/C16H17N3O3S2/c1-3-12-13-7-5-6-8-14(13)23-15(12)16(20)18-24(21,22)11-9-17-19(4-2)10-11/h5-10H,3-4H2,1-2H3,(H,18,20). The van der Waals surface area contributed by atoms with Crippen LogP contribution in [0.4, 0.5) is 0 Å². The Balaban J connectivity index is 1.95. The van der Waals surface area contributed by atoms with Gasteiger partial charge in [-0.1, -0.05) is 25.1 Å². The van der Waals surface area contributed by atoms with E-state index in [0.29, 0.717) is 17.8 Å². The Bertz CT molecular complexity index is 1000. The van der Waals surface area contributed by atoms with E-state index >= 15 is 0 Å². The molecule has 0 radical (unpaired) electrons. The third kappa shape index (κ3) is 2.94. The van der Waals surface area contributed by atoms with Crippen LogP contribution in [0.2, 0.25) is 0 Å². The molecule has 0 unspecified atom stereocenters. The van der Waals surface area contributed by atoms with Gasteiger partial charge in [-0.25, -0.2) is 13.1 Å². The molecule has 1 N–H and O–H groups in total. The van der Waals surface area contributed by atoms with Gasteiger partial charge in [0.25, 0.3) is 15.9 Å². The minimum atomic E-state index is -3.94. The number of hydrogen-bond acceptors (Lipinski definition) is 5. The zero-order valence-corrected chi connectivity index (χ0v) is 14.9. The zero-order valence-electron chi connectivity index (χ0n) is 13.3. The highest BCUT2D eigenvalue weighted by Crippen LogP contribution is 2.31. The second-order valence-corrected chi connectivity index (χ2v) is 7.96. The summed E-state index contributed by atoms with van der Waals surface area (Å²) in [5.74, 6) is -0.600. The van der Waals surface area contributed by atoms with Crippen molar-refractivity contribution in [3.63, 3.8) is 0 Å². The Morgan fingerprint density at radius 3 is 2.71 bits per heavy atom. The van der Waals surface area contributed by atoms with Gasteiger partial charge in [-0.2, -0.15) is 5.10 Å². The predicted molar refractivity (Wildman–Crippen MR) is 93.8 cm³/mol. The molecular formula is C16H17N3O3S2. The van der Waals surface area contributed by atoms with E-state index in [0.717, 1.165) is 15.6 Å². The van der Waals surface area contributed by atoms with E-state index < -0.39 is 15.9 Å². The molecule has 2 heterocycles. The Morgan fingerprint density at radius 1 is 1.29 bits per heavy atom. The Morgan fingerprint density at radius 2 is 2.04 bits per heavy atom. The number of rotatable bonds is 5. The topological polar surface area (TPSA) is 81.1 Å². The lowest BCUT2D eigenvalue weighted by molar-refractivity contribution is 0.0984. The maximum atomic E-state index is 12.6. The molecule has 0 spiro atoms. The Labute approximate surface area is 144 Å². The summed E-state index contributed by atoms with van der Waals surface area (Å²) in [5, 5.41) is 4.93. The number of nitrogens with zero attached hydrogens (tertiary/aromatic N) is 2. The first-order valence-electron chi connectivity index (χ1n) is 7.56. The first-order valence-corrected chi connectivity index (χ1v) is 9.86. The molecule has 6 nitrogen and oxygen atoms in total. The summed E-state index contributed by atoms with van der Waals surface area (Å²) in [6.45, 7) is 4.36. The van der Waals surface area contributed by atoms with Crippen molar-refractivity contribution in [2.24, 2.45) is 0 Å². The van der Waals surface area contributed by atoms with E-state index in [-0.39, 0.29) is 4.90 Å². The van der Waals surface area contributed by atoms with Gasteiger partial charge < -0.3 is 0 Å². The highest BCUT2D eigenvalue weighted by atomic mass is 32.2. The van der Waals surface area contributed by atoms with Crippen molar-refractivity contribution in [3.05, 3.63) is 47.1 Å². The molecule has 0 saturated carbocycles. The number of thiophene rings is 1. The van der Waals surface area contributed by atoms with Crippen LogP contribution in [0.1, 0.15) is 29.1 Å². The number of aromatic nitrogens is 2. The summed E-state index contributed by atoms with van der Waals surface area (Å²) in [4.78, 5) is 13.0. The summed E-state index contributed by atoms with van der Waals surface area (Å²) in [7, 11) is -3.94. The van der Waals surface area contributed by atoms with E-state index in [9.17, 15) is 13.2 Å². The molecule has 3 aromatic rings. The summed E-state index contributed by atoms with van der Waals surface area (Å²) in [5.41, 5.74) is 0.868. The molecule has 24 heavy (non-hydrogen) atoms. The van der Waals surface area contributed by atoms with Crippen LogP contribution in [0, 0.1) is 0 Å². The van der Waals surface area contributed by atoms with E-state index in [2.05, 4.69) is 9.82 Å². The minimum Gasteiger partial charge on any atom is -0.272 e. The fourth-order valence-electron chi connectivity index (χ4n) is 2.52. The van der Waals surface area contributed by atoms with Crippen LogP contribution >= 0.6 is 11.3 Å². The molecular weight excluding hydrogens is 346 g/mol. The molecule has 0 aliphatic rings. The molecule has 0 bridgehead atoms. The average Bonchev–Trinajstić information content (AvgIpc) is 3.19. The number of nitrogens with one attached hydrogen (secondary N) is 1. The van der Waals surface area contributed by atoms with Gasteiger partial charge in [0.2, 0.25) is 0 Å². The molecule has 1 aromatic carbocycles. The molecule has 0 fully saturated rings. The summed E-state index contributed by atoms with van der Waals surface area (Å²) < 4.78 is 29.4. The third-order valence-corrected chi connectivity index (χ3v) is 6.23. The van der Waals surface area contributed by atoms with Crippen LogP contribution < -0.4 is 4.72 Å². The third-order valence-electron chi connectivity index (χ3n) is 3.73. The molecule has 2 aromatic heterocycles. The van der Waals surface area contributed by atoms with Gasteiger partial charge in [-0.3, -0.25) is 9.48 Å². The van der Waals surface area contributed by atoms with E-state index in [4.69, 9.17) is 0 Å². The first-order chi connectivity index (χ1) is 11.5. The van der Waals surface area contributed by atoms with Crippen molar-refractivity contribution in [1.82, 2.24) is 14.5 Å². The molecule has 0 aliphatic carbocycles. The number of aryl methyl sites for hydroxylation is 2. The molecule has 0 saturated heterocycles. The summed E-state index contributed by atoms with van der Waals surface area (Å²) in [6.07, 6.45) is 3.30. The van der Waals surface area contributed by atoms with Crippen LogP contribution in [0.3, 0.4) is 0 Å². The number of hydrogen-bond donors (Lipinski definition) is 1. The largest absolute Gasteiger partial charge is 0.275 e. The zero-order chi connectivity index (χ0) is 17.3. The van der Waals surface area contributed by atoms with Crippen molar-refractivity contribution >= 4 is 37.4 Å². The number of carbonyl (C=O) groups is 1. The average molecular weight is 363 g/mol. The maximum absolute atomic E-state index is 12.6. The van der Waals surface area contributed by atoms with Gasteiger partial charge >= 0.3 is 0 Å². The van der Waals surface area contributed by atoms with E-state index in [1.807, 2.05) is 38.1 Å². The Kier molecular flexibility index (Phi) is 4.42. The number of carbonyl (C=O) groups excluding carboxylic acids is 1. The minimum absolute atomic E-state index is 0.0168. The molecule has 1 amide bonds. The molecule has 126 valence electrons. The summed E-state index contributed by atoms with van der Waals surface area (Å²) >= 11 is 1.30. The van der Waals surface area contributed by atoms with E-state index in [1.165, 1.54) is 28.4 Å². The molecule has 3 rings (SSSR count). The monoisotopic (exact) mass is 363 g/mol. The number of fused-ring (bicyclic) bond motifs is 1. The van der Waals surface area contributed by atoms with Crippen molar-refractivity contribution < 1.29 is 13.2 Å². The molecule has 8 heteroatoms. The lowest BCUT2D eigenvalue weighted by atomic mass is 10.1. The van der Waals surface area contributed by atoms with Crippen LogP contribution in [-0.2, 0) is 23.0 Å². The van der Waals surface area contributed by atoms with Crippen molar-refractivity contribution in [2.45, 2.75) is 31.7 Å². The number of amides is 1. The summed E-state index contributed by atoms with van der Waals surface area (Å²) in [6, 6.07) is 7.68. The number of benzene rings is 1. The van der Waals surface area contributed by atoms with Gasteiger partial charge in [0.1, 0.15) is 4.90 Å². The molecule has 0 atom stereocenters. The van der Waals surface area contributed by atoms with E-state index in [1.54, 1.807) is 0 Å². The number of sulfonamides is 1. The fourth-order valence-corrected chi connectivity index (χ4v) is 4.68. The second-order valence-electron chi connectivity index (χ2n) is 5.23. The maximum Gasteiger partial charge on any atom is 0.275 e. The second kappa shape index (κ2) is 6.37.